The van der Waals surface area contributed by atoms with Gasteiger partial charge >= 0.3 is 11.9 Å². The van der Waals surface area contributed by atoms with E-state index < -0.39 is 298 Å². The number of aromatic amines is 1. The van der Waals surface area contributed by atoms with Crippen LogP contribution in [-0.4, -0.2) is 349 Å². The first kappa shape index (κ1) is 114. The molecule has 0 aromatic carbocycles. The maximum atomic E-state index is 14.6. The zero-order chi connectivity index (χ0) is 100. The van der Waals surface area contributed by atoms with E-state index in [0.717, 1.165) is 13.3 Å². The van der Waals surface area contributed by atoms with Gasteiger partial charge in [0.05, 0.1) is 57.4 Å². The summed E-state index contributed by atoms with van der Waals surface area (Å²) in [4.78, 5) is 306. The fraction of sp³-hybridized carbons (Fsp3) is 0.699. The van der Waals surface area contributed by atoms with E-state index in [1.165, 1.54) is 47.9 Å². The lowest BCUT2D eigenvalue weighted by Gasteiger charge is -2.29. The van der Waals surface area contributed by atoms with Gasteiger partial charge in [-0.15, -0.1) is 0 Å². The smallest absolute Gasteiger partial charge is 0.322 e. The first-order chi connectivity index (χ1) is 63.1. The number of hydrogen-bond donors (Lipinski definition) is 25. The van der Waals surface area contributed by atoms with E-state index in [1.807, 2.05) is 5.32 Å². The number of amides is 20. The lowest BCUT2D eigenvalue weighted by atomic mass is 10.0. The Kier molecular flexibility index (Phi) is 48.8. The molecule has 750 valence electrons. The largest absolute Gasteiger partial charge is 0.481 e. The molecule has 0 saturated carbocycles. The van der Waals surface area contributed by atoms with Crippen LogP contribution in [0.15, 0.2) is 12.5 Å². The van der Waals surface area contributed by atoms with Gasteiger partial charge in [-0.05, 0) is 140 Å². The molecular weight excluding hydrogens is 1780 g/mol. The van der Waals surface area contributed by atoms with E-state index >= 15 is 0 Å². The number of aliphatic hydroxyl groups is 3. The highest BCUT2D eigenvalue weighted by atomic mass is 32.2. The van der Waals surface area contributed by atoms with Crippen LogP contribution >= 0.6 is 11.8 Å². The highest BCUT2D eigenvalue weighted by Crippen LogP contribution is 2.23. The zero-order valence-corrected chi connectivity index (χ0v) is 78.3. The SMILES string of the molecule is CSCC[C@H](NC(=O)[C@H](CC(C)C)NC(=O)[C@H](CO)NC(=O)[C@H](C)NC(=O)[C@@H]1CCCN1C(=O)CNC(=O)[C@H](CC(C)C)NC(=O)CNC(=O)[C@@H]1CCCN1C(=O)[C@@H]1CCCN1)C(=O)N[C@@H](CCC(N)=O)C(=O)N[C@@H](CC(C)C)C(=O)N[C@@H](CC(=O)O)C(=O)N[C@@H](Cc1c[nH]cn1)C(=O)N[C@@H](CC(C)C)C(=O)N[C@@H](CO)C(=O)N[C@@H](C)C(=O)N[C@@H](C)C(=O)N[C@@H](CO)C(=O)NCC(=O)O. The molecule has 51 heteroatoms. The van der Waals surface area contributed by atoms with Crippen LogP contribution in [0, 0.1) is 23.7 Å². The van der Waals surface area contributed by atoms with E-state index in [1.54, 1.807) is 61.6 Å². The first-order valence-corrected chi connectivity index (χ1v) is 45.9. The van der Waals surface area contributed by atoms with Gasteiger partial charge in [0.25, 0.3) is 0 Å². The third kappa shape index (κ3) is 39.1. The summed E-state index contributed by atoms with van der Waals surface area (Å²) in [7, 11) is 0. The number of nitrogens with two attached hydrogens (primary N) is 1. The molecule has 0 bridgehead atoms. The molecule has 3 fully saturated rings. The van der Waals surface area contributed by atoms with Gasteiger partial charge in [0.2, 0.25) is 118 Å². The molecule has 17 atom stereocenters. The lowest BCUT2D eigenvalue weighted by molar-refractivity contribution is -0.142. The second-order valence-electron chi connectivity index (χ2n) is 34.8. The average Bonchev–Trinajstić information content (AvgIpc) is 1.67. The van der Waals surface area contributed by atoms with Crippen LogP contribution in [0.5, 0.6) is 0 Å². The van der Waals surface area contributed by atoms with Gasteiger partial charge in [-0.3, -0.25) is 105 Å². The van der Waals surface area contributed by atoms with Crippen molar-refractivity contribution in [1.29, 1.82) is 0 Å². The van der Waals surface area contributed by atoms with Crippen molar-refractivity contribution in [2.75, 3.05) is 71.1 Å². The molecule has 0 unspecified atom stereocenters. The van der Waals surface area contributed by atoms with E-state index in [-0.39, 0.29) is 80.3 Å². The van der Waals surface area contributed by atoms with Crippen molar-refractivity contribution in [1.82, 2.24) is 115 Å². The number of nitrogens with zero attached hydrogens (tertiary/aromatic N) is 3. The van der Waals surface area contributed by atoms with Gasteiger partial charge in [0, 0.05) is 32.1 Å². The van der Waals surface area contributed by atoms with E-state index in [9.17, 15) is 126 Å². The Morgan fingerprint density at radius 1 is 0.418 bits per heavy atom. The number of carbonyl (C=O) groups excluding carboxylic acids is 20. The number of carbonyl (C=O) groups is 22. The van der Waals surface area contributed by atoms with Crippen molar-refractivity contribution < 1.29 is 131 Å². The van der Waals surface area contributed by atoms with E-state index in [0.29, 0.717) is 38.8 Å². The van der Waals surface area contributed by atoms with Crippen molar-refractivity contribution in [3.8, 4) is 0 Å². The quantitative estimate of drug-likeness (QED) is 0.0288. The molecule has 0 radical (unpaired) electrons. The fourth-order valence-corrected chi connectivity index (χ4v) is 15.0. The molecule has 0 aliphatic carbocycles. The van der Waals surface area contributed by atoms with Crippen molar-refractivity contribution >= 4 is 142 Å². The molecule has 26 N–H and O–H groups in total. The minimum Gasteiger partial charge on any atom is -0.481 e. The number of carboxylic acid groups (broad SMARTS) is 2. The van der Waals surface area contributed by atoms with Crippen LogP contribution in [0.1, 0.15) is 172 Å². The molecule has 4 rings (SSSR count). The number of imidazole rings is 1. The average molecular weight is 1920 g/mol. The number of aliphatic hydroxyl groups excluding tert-OH is 3. The minimum atomic E-state index is -2.06. The Bertz CT molecular complexity index is 4250. The summed E-state index contributed by atoms with van der Waals surface area (Å²) in [6.07, 6.45) is 3.97. The molecule has 1 aromatic rings. The molecule has 50 nitrogen and oxygen atoms in total. The van der Waals surface area contributed by atoms with Crippen LogP contribution in [-0.2, 0) is 112 Å². The number of aliphatic carboxylic acids is 2. The zero-order valence-electron chi connectivity index (χ0n) is 77.5. The van der Waals surface area contributed by atoms with E-state index in [2.05, 4.69) is 100 Å². The minimum absolute atomic E-state index is 0.0783. The van der Waals surface area contributed by atoms with Crippen molar-refractivity contribution in [3.63, 3.8) is 0 Å². The van der Waals surface area contributed by atoms with Crippen LogP contribution < -0.4 is 101 Å². The Morgan fingerprint density at radius 2 is 0.806 bits per heavy atom. The van der Waals surface area contributed by atoms with E-state index in [4.69, 9.17) is 10.8 Å². The monoisotopic (exact) mass is 1920 g/mol. The summed E-state index contributed by atoms with van der Waals surface area (Å²) < 4.78 is 0. The summed E-state index contributed by atoms with van der Waals surface area (Å²) in [5.41, 5.74) is 5.65. The highest BCUT2D eigenvalue weighted by molar-refractivity contribution is 7.98. The molecule has 3 saturated heterocycles. The number of aromatic nitrogens is 2. The van der Waals surface area contributed by atoms with Gasteiger partial charge in [-0.1, -0.05) is 55.4 Å². The third-order valence-corrected chi connectivity index (χ3v) is 22.2. The Morgan fingerprint density at radius 3 is 1.27 bits per heavy atom. The molecule has 3 aliphatic heterocycles. The fourth-order valence-electron chi connectivity index (χ4n) is 14.5. The number of thioether (sulfide) groups is 1. The number of H-pyrrole nitrogens is 1. The third-order valence-electron chi connectivity index (χ3n) is 21.6. The second kappa shape index (κ2) is 57.3. The predicted octanol–water partition coefficient (Wildman–Crippen LogP) is -9.38. The first-order valence-electron chi connectivity index (χ1n) is 44.5. The lowest BCUT2D eigenvalue weighted by Crippen LogP contribution is -2.61. The normalized spacial score (nSPS) is 17.8. The van der Waals surface area contributed by atoms with Crippen LogP contribution in [0.4, 0.5) is 0 Å². The Labute approximate surface area is 778 Å². The summed E-state index contributed by atoms with van der Waals surface area (Å²) in [5.74, 6) is -22.9. The maximum absolute atomic E-state index is 14.6. The topological polar surface area (TPSA) is 754 Å². The van der Waals surface area contributed by atoms with Gasteiger partial charge in [-0.2, -0.15) is 11.8 Å². The van der Waals surface area contributed by atoms with Crippen LogP contribution in [0.2, 0.25) is 0 Å². The standard InChI is InChI=1S/C83H135N23O27S/c1-40(2)26-51(94-63(111)33-87-81(131)60-17-15-24-106(60)83(133)50-16-13-22-86-50)70(120)88-34-64(112)105-23-14-18-61(105)82(132)93-46(11)69(119)103-59(38-109)80(130)99-52(27-41(3)4)74(124)96-49(21-25-134-12)73(123)95-48(19-20-62(84)110)72(122)97-53(28-42(5)6)75(125)101-56(31-65(113)114)78(128)100-55(30-47-32-85-39-90-47)77(127)98-54(29-43(7)8)76(126)104-58(37-108)79(129)92-44(9)67(117)91-45(10)68(118)102-57(36-107)71(121)89-35-66(115)116/h32,39-46,48-61,86,107-109H,13-31,33-38H2,1-12H3,(H2,84,110)(H,85,90)(H,87,131)(H,88,120)(H,89,121)(H,91,117)(H,92,129)(H,93,132)(H,94,111)(H,95,123)(H,96,124)(H,97,122)(H,98,127)(H,99,130)(H,100,128)(H,101,125)(H,102,118)(H,103,119)(H,104,126)(H,113,114)(H,115,116)/t44-,45-,46-,48-,49-,50-,51-,52-,53-,54-,55-,56-,57-,58-,59-,60-,61-/m0/s1. The Balaban J connectivity index is 1.44. The number of nitrogens with one attached hydrogen (secondary N) is 19. The van der Waals surface area contributed by atoms with Crippen molar-refractivity contribution in [2.45, 2.75) is 275 Å². The number of likely N-dealkylation sites (tertiary alicyclic amines) is 2. The Hall–Kier alpha value is -12.3. The van der Waals surface area contributed by atoms with Gasteiger partial charge in [0.1, 0.15) is 103 Å². The summed E-state index contributed by atoms with van der Waals surface area (Å²) in [6.45, 7) is 13.2. The number of hydrogen-bond acceptors (Lipinski definition) is 28. The number of carboxylic acids is 2. The van der Waals surface area contributed by atoms with Gasteiger partial charge in [0.15, 0.2) is 0 Å². The summed E-state index contributed by atoms with van der Waals surface area (Å²) >= 11 is 1.24. The van der Waals surface area contributed by atoms with Gasteiger partial charge in [-0.25, -0.2) is 4.98 Å². The maximum Gasteiger partial charge on any atom is 0.322 e. The molecular formula is C83H135N23O27S. The number of primary amides is 1. The van der Waals surface area contributed by atoms with Crippen molar-refractivity contribution in [2.24, 2.45) is 29.4 Å². The molecule has 1 aromatic heterocycles. The number of rotatable bonds is 58. The predicted molar refractivity (Wildman–Crippen MR) is 476 cm³/mol. The van der Waals surface area contributed by atoms with Crippen molar-refractivity contribution in [3.05, 3.63) is 18.2 Å². The second-order valence-corrected chi connectivity index (χ2v) is 35.8. The van der Waals surface area contributed by atoms with Crippen LogP contribution in [0.3, 0.4) is 0 Å². The molecule has 134 heavy (non-hydrogen) atoms. The van der Waals surface area contributed by atoms with Crippen LogP contribution in [0.25, 0.3) is 0 Å². The summed E-state index contributed by atoms with van der Waals surface area (Å²) in [6, 6.07) is -24.8. The summed E-state index contributed by atoms with van der Waals surface area (Å²) in [5, 5.41) is 93.3. The molecule has 3 aliphatic rings. The molecule has 20 amide bonds. The molecule has 4 heterocycles. The van der Waals surface area contributed by atoms with Gasteiger partial charge < -0.3 is 142 Å². The molecule has 0 spiro atoms. The highest BCUT2D eigenvalue weighted by Gasteiger charge is 2.43.